The average molecular weight is 430 g/mol. The largest absolute Gasteiger partial charge is 0.370 e. The second kappa shape index (κ2) is 9.49. The van der Waals surface area contributed by atoms with Crippen LogP contribution in [0.15, 0.2) is 67.0 Å². The van der Waals surface area contributed by atoms with Gasteiger partial charge >= 0.3 is 0 Å². The van der Waals surface area contributed by atoms with Crippen LogP contribution >= 0.6 is 0 Å². The minimum Gasteiger partial charge on any atom is -0.370 e. The van der Waals surface area contributed by atoms with Crippen molar-refractivity contribution in [2.45, 2.75) is 39.3 Å². The van der Waals surface area contributed by atoms with Crippen LogP contribution in [0.3, 0.4) is 0 Å². The fraction of sp³-hybridized carbons (Fsp3) is 0.346. The number of nitrogens with one attached hydrogen (secondary N) is 2. The Balaban J connectivity index is 1.66. The van der Waals surface area contributed by atoms with Crippen molar-refractivity contribution in [3.63, 3.8) is 0 Å². The molecule has 0 bridgehead atoms. The second-order valence-corrected chi connectivity index (χ2v) is 9.13. The number of anilines is 2. The zero-order valence-electron chi connectivity index (χ0n) is 19.0. The molecular formula is C26H31N5O. The summed E-state index contributed by atoms with van der Waals surface area (Å²) < 4.78 is 0. The third-order valence-electron chi connectivity index (χ3n) is 5.82. The Morgan fingerprint density at radius 2 is 1.84 bits per heavy atom. The van der Waals surface area contributed by atoms with Crippen molar-refractivity contribution in [1.82, 2.24) is 14.9 Å². The fourth-order valence-electron chi connectivity index (χ4n) is 4.16. The molecule has 0 fully saturated rings. The number of carbonyl (C=O) groups is 1. The summed E-state index contributed by atoms with van der Waals surface area (Å²) in [6, 6.07) is 18.1. The third kappa shape index (κ3) is 4.97. The maximum Gasteiger partial charge on any atom is 0.237 e. The number of nitrogens with zero attached hydrogens (tertiary/aromatic N) is 3. The predicted octanol–water partition coefficient (Wildman–Crippen LogP) is 4.46. The number of amides is 1. The number of hydrogen-bond donors (Lipinski definition) is 2. The Hall–Kier alpha value is -3.25. The van der Waals surface area contributed by atoms with Crippen molar-refractivity contribution in [1.29, 1.82) is 0 Å². The standard InChI is InChI=1S/C26H31N5O/c1-19(2)15-28-23-10-9-21-17-31(16-20-7-5-4-6-8-20)18-26(3,24(21)30-23)25(32)29-22-11-13-27-14-12-22/h4-14,19H,15-18H2,1-3H3,(H,28,30)(H,27,29,32). The van der Waals surface area contributed by atoms with E-state index in [1.165, 1.54) is 5.56 Å². The number of aromatic nitrogens is 2. The van der Waals surface area contributed by atoms with Crippen LogP contribution in [0.5, 0.6) is 0 Å². The highest BCUT2D eigenvalue weighted by Gasteiger charge is 2.43. The van der Waals surface area contributed by atoms with Crippen LogP contribution in [0.4, 0.5) is 11.5 Å². The number of rotatable bonds is 7. The van der Waals surface area contributed by atoms with Crippen molar-refractivity contribution in [2.75, 3.05) is 23.7 Å². The van der Waals surface area contributed by atoms with Crippen LogP contribution in [-0.2, 0) is 23.3 Å². The molecule has 1 aliphatic heterocycles. The van der Waals surface area contributed by atoms with E-state index in [2.05, 4.69) is 64.7 Å². The Morgan fingerprint density at radius 3 is 2.56 bits per heavy atom. The van der Waals surface area contributed by atoms with Crippen LogP contribution < -0.4 is 10.6 Å². The highest BCUT2D eigenvalue weighted by molar-refractivity contribution is 5.99. The van der Waals surface area contributed by atoms with E-state index in [0.29, 0.717) is 12.5 Å². The Labute approximate surface area is 190 Å². The zero-order chi connectivity index (χ0) is 22.6. The first-order valence-corrected chi connectivity index (χ1v) is 11.2. The van der Waals surface area contributed by atoms with Gasteiger partial charge in [-0.1, -0.05) is 50.2 Å². The van der Waals surface area contributed by atoms with E-state index < -0.39 is 5.41 Å². The van der Waals surface area contributed by atoms with Crippen molar-refractivity contribution < 1.29 is 4.79 Å². The summed E-state index contributed by atoms with van der Waals surface area (Å²) in [5.41, 5.74) is 3.12. The average Bonchev–Trinajstić information content (AvgIpc) is 2.79. The third-order valence-corrected chi connectivity index (χ3v) is 5.82. The van der Waals surface area contributed by atoms with Gasteiger partial charge < -0.3 is 10.6 Å². The van der Waals surface area contributed by atoms with Crippen LogP contribution in [0.25, 0.3) is 0 Å². The normalized spacial score (nSPS) is 18.2. The number of pyridine rings is 2. The van der Waals surface area contributed by atoms with Crippen molar-refractivity contribution in [2.24, 2.45) is 5.92 Å². The van der Waals surface area contributed by atoms with E-state index in [-0.39, 0.29) is 5.91 Å². The van der Waals surface area contributed by atoms with E-state index >= 15 is 0 Å². The Bertz CT molecular complexity index is 1050. The quantitative estimate of drug-likeness (QED) is 0.580. The van der Waals surface area contributed by atoms with E-state index in [4.69, 9.17) is 4.98 Å². The molecule has 3 aromatic rings. The van der Waals surface area contributed by atoms with Crippen LogP contribution in [-0.4, -0.2) is 33.9 Å². The molecule has 1 unspecified atom stereocenters. The van der Waals surface area contributed by atoms with E-state index in [0.717, 1.165) is 42.4 Å². The molecule has 1 aliphatic rings. The molecule has 0 saturated carbocycles. The molecule has 2 aromatic heterocycles. The molecule has 2 N–H and O–H groups in total. The minimum absolute atomic E-state index is 0.0591. The number of benzene rings is 1. The molecule has 6 heteroatoms. The van der Waals surface area contributed by atoms with Gasteiger partial charge in [0.05, 0.1) is 5.69 Å². The Morgan fingerprint density at radius 1 is 1.09 bits per heavy atom. The van der Waals surface area contributed by atoms with Crippen LogP contribution in [0, 0.1) is 5.92 Å². The lowest BCUT2D eigenvalue weighted by Crippen LogP contribution is -2.51. The number of carbonyl (C=O) groups excluding carboxylic acids is 1. The smallest absolute Gasteiger partial charge is 0.237 e. The summed E-state index contributed by atoms with van der Waals surface area (Å²) in [6.07, 6.45) is 3.36. The van der Waals surface area contributed by atoms with Crippen LogP contribution in [0.2, 0.25) is 0 Å². The molecular weight excluding hydrogens is 398 g/mol. The molecule has 166 valence electrons. The van der Waals surface area contributed by atoms with Gasteiger partial charge in [-0.3, -0.25) is 14.7 Å². The summed E-state index contributed by atoms with van der Waals surface area (Å²) in [6.45, 7) is 9.31. The molecule has 3 heterocycles. The van der Waals surface area contributed by atoms with E-state index in [1.54, 1.807) is 24.5 Å². The summed E-state index contributed by atoms with van der Waals surface area (Å²) in [7, 11) is 0. The first kappa shape index (κ1) is 22.0. The van der Waals surface area contributed by atoms with Crippen molar-refractivity contribution in [3.05, 3.63) is 83.8 Å². The fourth-order valence-corrected chi connectivity index (χ4v) is 4.16. The van der Waals surface area contributed by atoms with Gasteiger partial charge in [0.15, 0.2) is 0 Å². The first-order chi connectivity index (χ1) is 15.4. The van der Waals surface area contributed by atoms with Gasteiger partial charge in [-0.05, 0) is 42.2 Å². The second-order valence-electron chi connectivity index (χ2n) is 9.13. The number of fused-ring (bicyclic) bond motifs is 1. The maximum absolute atomic E-state index is 13.6. The van der Waals surface area contributed by atoms with Gasteiger partial charge in [0.2, 0.25) is 5.91 Å². The molecule has 0 saturated heterocycles. The molecule has 1 amide bonds. The first-order valence-electron chi connectivity index (χ1n) is 11.2. The minimum atomic E-state index is -0.791. The predicted molar refractivity (Wildman–Crippen MR) is 128 cm³/mol. The van der Waals surface area contributed by atoms with Gasteiger partial charge in [-0.15, -0.1) is 0 Å². The maximum atomic E-state index is 13.6. The van der Waals surface area contributed by atoms with Gasteiger partial charge in [0, 0.05) is 44.3 Å². The summed E-state index contributed by atoms with van der Waals surface area (Å²) >= 11 is 0. The van der Waals surface area contributed by atoms with E-state index in [1.807, 2.05) is 19.1 Å². The summed E-state index contributed by atoms with van der Waals surface area (Å²) in [5.74, 6) is 1.27. The topological polar surface area (TPSA) is 70.1 Å². The highest BCUT2D eigenvalue weighted by atomic mass is 16.2. The lowest BCUT2D eigenvalue weighted by atomic mass is 9.79. The van der Waals surface area contributed by atoms with E-state index in [9.17, 15) is 4.79 Å². The summed E-state index contributed by atoms with van der Waals surface area (Å²) in [4.78, 5) is 24.9. The number of hydrogen-bond acceptors (Lipinski definition) is 5. The lowest BCUT2D eigenvalue weighted by Gasteiger charge is -2.40. The molecule has 6 nitrogen and oxygen atoms in total. The highest BCUT2D eigenvalue weighted by Crippen LogP contribution is 2.35. The molecule has 0 spiro atoms. The molecule has 1 aromatic carbocycles. The molecule has 0 aliphatic carbocycles. The molecule has 1 atom stereocenters. The molecule has 4 rings (SSSR count). The SMILES string of the molecule is CC(C)CNc1ccc2c(n1)C(C)(C(=O)Nc1ccncc1)CN(Cc1ccccc1)C2. The van der Waals surface area contributed by atoms with Crippen molar-refractivity contribution >= 4 is 17.4 Å². The van der Waals surface area contributed by atoms with Crippen LogP contribution in [0.1, 0.15) is 37.6 Å². The molecule has 0 radical (unpaired) electrons. The van der Waals surface area contributed by atoms with Gasteiger partial charge in [0.1, 0.15) is 11.2 Å². The summed E-state index contributed by atoms with van der Waals surface area (Å²) in [5, 5.41) is 6.49. The van der Waals surface area contributed by atoms with Gasteiger partial charge in [0.25, 0.3) is 0 Å². The Kier molecular flexibility index (Phi) is 6.51. The van der Waals surface area contributed by atoms with Gasteiger partial charge in [-0.2, -0.15) is 0 Å². The van der Waals surface area contributed by atoms with Gasteiger partial charge in [-0.25, -0.2) is 4.98 Å². The zero-order valence-corrected chi connectivity index (χ0v) is 19.0. The van der Waals surface area contributed by atoms with Crippen molar-refractivity contribution in [3.8, 4) is 0 Å². The molecule has 32 heavy (non-hydrogen) atoms. The monoisotopic (exact) mass is 429 g/mol. The lowest BCUT2D eigenvalue weighted by molar-refractivity contribution is -0.122.